The molecule has 3 N–H and O–H groups in total. The van der Waals surface area contributed by atoms with E-state index >= 15 is 0 Å². The Morgan fingerprint density at radius 1 is 1.56 bits per heavy atom. The highest BCUT2D eigenvalue weighted by atomic mass is 32.1. The SMILES string of the molecule is O=C(NC(C(=O)O)c1cccs1)C1CCCNC1. The lowest BCUT2D eigenvalue weighted by atomic mass is 9.98. The second-order valence-electron chi connectivity index (χ2n) is 4.34. The van der Waals surface area contributed by atoms with Crippen LogP contribution in [-0.4, -0.2) is 30.1 Å². The van der Waals surface area contributed by atoms with Gasteiger partial charge in [-0.05, 0) is 30.8 Å². The van der Waals surface area contributed by atoms with Gasteiger partial charge in [0.1, 0.15) is 0 Å². The number of rotatable bonds is 4. The van der Waals surface area contributed by atoms with Gasteiger partial charge >= 0.3 is 5.97 Å². The van der Waals surface area contributed by atoms with Crippen LogP contribution >= 0.6 is 11.3 Å². The molecule has 1 aliphatic rings. The molecule has 0 radical (unpaired) electrons. The van der Waals surface area contributed by atoms with Crippen LogP contribution in [0.15, 0.2) is 17.5 Å². The summed E-state index contributed by atoms with van der Waals surface area (Å²) in [5, 5.41) is 16.7. The lowest BCUT2D eigenvalue weighted by Gasteiger charge is -2.23. The van der Waals surface area contributed by atoms with Crippen LogP contribution in [0.5, 0.6) is 0 Å². The van der Waals surface area contributed by atoms with Crippen molar-refractivity contribution >= 4 is 23.2 Å². The van der Waals surface area contributed by atoms with Crippen molar-refractivity contribution in [1.29, 1.82) is 0 Å². The molecule has 0 saturated carbocycles. The highest BCUT2D eigenvalue weighted by molar-refractivity contribution is 7.10. The zero-order chi connectivity index (χ0) is 13.0. The number of hydrogen-bond acceptors (Lipinski definition) is 4. The van der Waals surface area contributed by atoms with Crippen LogP contribution in [0.25, 0.3) is 0 Å². The zero-order valence-corrected chi connectivity index (χ0v) is 10.7. The molecular formula is C12H16N2O3S. The van der Waals surface area contributed by atoms with Gasteiger partial charge in [0.05, 0.1) is 5.92 Å². The molecule has 0 aliphatic carbocycles. The first kappa shape index (κ1) is 13.0. The van der Waals surface area contributed by atoms with Crippen LogP contribution in [0.3, 0.4) is 0 Å². The van der Waals surface area contributed by atoms with E-state index in [-0.39, 0.29) is 11.8 Å². The van der Waals surface area contributed by atoms with E-state index in [2.05, 4.69) is 10.6 Å². The Morgan fingerprint density at radius 3 is 2.94 bits per heavy atom. The Labute approximate surface area is 109 Å². The molecule has 5 nitrogen and oxygen atoms in total. The number of carbonyl (C=O) groups excluding carboxylic acids is 1. The summed E-state index contributed by atoms with van der Waals surface area (Å²) in [5.41, 5.74) is 0. The highest BCUT2D eigenvalue weighted by Gasteiger charge is 2.27. The van der Waals surface area contributed by atoms with E-state index < -0.39 is 12.0 Å². The third-order valence-electron chi connectivity index (χ3n) is 3.03. The van der Waals surface area contributed by atoms with Crippen molar-refractivity contribution in [2.45, 2.75) is 18.9 Å². The average Bonchev–Trinajstić information content (AvgIpc) is 2.90. The number of amides is 1. The van der Waals surface area contributed by atoms with Gasteiger partial charge in [0.25, 0.3) is 0 Å². The first-order chi connectivity index (χ1) is 8.68. The molecule has 1 saturated heterocycles. The Bertz CT molecular complexity index is 413. The second kappa shape index (κ2) is 5.97. The fourth-order valence-corrected chi connectivity index (χ4v) is 2.81. The van der Waals surface area contributed by atoms with Gasteiger partial charge in [-0.15, -0.1) is 11.3 Å². The number of hydrogen-bond donors (Lipinski definition) is 3. The standard InChI is InChI=1S/C12H16N2O3S/c15-11(8-3-1-5-13-7-8)14-10(12(16)17)9-4-2-6-18-9/h2,4,6,8,10,13H,1,3,5,7H2,(H,14,15)(H,16,17). The molecule has 2 atom stereocenters. The number of aliphatic carboxylic acids is 1. The van der Waals surface area contributed by atoms with Gasteiger partial charge in [0.15, 0.2) is 6.04 Å². The van der Waals surface area contributed by atoms with E-state index in [0.29, 0.717) is 11.4 Å². The maximum atomic E-state index is 12.0. The number of carboxylic acids is 1. The van der Waals surface area contributed by atoms with Crippen molar-refractivity contribution in [2.24, 2.45) is 5.92 Å². The summed E-state index contributed by atoms with van der Waals surface area (Å²) in [4.78, 5) is 23.8. The number of nitrogens with one attached hydrogen (secondary N) is 2. The molecule has 6 heteroatoms. The van der Waals surface area contributed by atoms with Crippen LogP contribution in [0, 0.1) is 5.92 Å². The molecule has 0 aromatic carbocycles. The Balaban J connectivity index is 2.00. The molecule has 1 aromatic heterocycles. The van der Waals surface area contributed by atoms with E-state index in [0.717, 1.165) is 19.4 Å². The van der Waals surface area contributed by atoms with E-state index in [4.69, 9.17) is 5.11 Å². The van der Waals surface area contributed by atoms with Crippen LogP contribution in [-0.2, 0) is 9.59 Å². The lowest BCUT2D eigenvalue weighted by molar-refractivity contribution is -0.142. The normalized spacial score (nSPS) is 21.2. The van der Waals surface area contributed by atoms with E-state index in [9.17, 15) is 9.59 Å². The molecule has 0 spiro atoms. The summed E-state index contributed by atoms with van der Waals surface area (Å²) in [5.74, 6) is -1.32. The fraction of sp³-hybridized carbons (Fsp3) is 0.500. The van der Waals surface area contributed by atoms with Gasteiger partial charge in [0, 0.05) is 11.4 Å². The van der Waals surface area contributed by atoms with Gasteiger partial charge < -0.3 is 15.7 Å². The third-order valence-corrected chi connectivity index (χ3v) is 3.97. The van der Waals surface area contributed by atoms with Gasteiger partial charge in [-0.1, -0.05) is 6.07 Å². The summed E-state index contributed by atoms with van der Waals surface area (Å²) in [6, 6.07) is 2.58. The Hall–Kier alpha value is -1.40. The minimum Gasteiger partial charge on any atom is -0.479 e. The number of carboxylic acid groups (broad SMARTS) is 1. The molecular weight excluding hydrogens is 252 g/mol. The number of thiophene rings is 1. The first-order valence-electron chi connectivity index (χ1n) is 5.96. The van der Waals surface area contributed by atoms with Crippen LogP contribution in [0.4, 0.5) is 0 Å². The number of carbonyl (C=O) groups is 2. The molecule has 1 fully saturated rings. The molecule has 2 heterocycles. The molecule has 2 rings (SSSR count). The summed E-state index contributed by atoms with van der Waals surface area (Å²) in [6.07, 6.45) is 1.77. The quantitative estimate of drug-likeness (QED) is 0.761. The van der Waals surface area contributed by atoms with Gasteiger partial charge in [-0.3, -0.25) is 4.79 Å². The minimum absolute atomic E-state index is 0.124. The van der Waals surface area contributed by atoms with Gasteiger partial charge in [-0.25, -0.2) is 4.79 Å². The molecule has 1 aliphatic heterocycles. The minimum atomic E-state index is -1.02. The van der Waals surface area contributed by atoms with Crippen molar-refractivity contribution in [1.82, 2.24) is 10.6 Å². The summed E-state index contributed by atoms with van der Waals surface area (Å²) in [6.45, 7) is 1.56. The third kappa shape index (κ3) is 3.08. The molecule has 2 unspecified atom stereocenters. The van der Waals surface area contributed by atoms with Crippen molar-refractivity contribution in [3.8, 4) is 0 Å². The van der Waals surface area contributed by atoms with Crippen LogP contribution in [0.2, 0.25) is 0 Å². The van der Waals surface area contributed by atoms with E-state index in [1.165, 1.54) is 11.3 Å². The van der Waals surface area contributed by atoms with Gasteiger partial charge in [0.2, 0.25) is 5.91 Å². The number of piperidine rings is 1. The van der Waals surface area contributed by atoms with E-state index in [1.807, 2.05) is 0 Å². The van der Waals surface area contributed by atoms with Crippen LogP contribution < -0.4 is 10.6 Å². The molecule has 0 bridgehead atoms. The van der Waals surface area contributed by atoms with Crippen molar-refractivity contribution in [3.05, 3.63) is 22.4 Å². The molecule has 1 aromatic rings. The monoisotopic (exact) mass is 268 g/mol. The lowest BCUT2D eigenvalue weighted by Crippen LogP contribution is -2.43. The summed E-state index contributed by atoms with van der Waals surface area (Å²) in [7, 11) is 0. The van der Waals surface area contributed by atoms with Gasteiger partial charge in [-0.2, -0.15) is 0 Å². The smallest absolute Gasteiger partial charge is 0.331 e. The van der Waals surface area contributed by atoms with E-state index in [1.54, 1.807) is 17.5 Å². The largest absolute Gasteiger partial charge is 0.479 e. The molecule has 98 valence electrons. The van der Waals surface area contributed by atoms with Crippen LogP contribution in [0.1, 0.15) is 23.8 Å². The van der Waals surface area contributed by atoms with Crippen molar-refractivity contribution in [3.63, 3.8) is 0 Å². The zero-order valence-electron chi connectivity index (χ0n) is 9.89. The maximum absolute atomic E-state index is 12.0. The first-order valence-corrected chi connectivity index (χ1v) is 6.83. The molecule has 1 amide bonds. The summed E-state index contributed by atoms with van der Waals surface area (Å²) >= 11 is 1.34. The molecule has 18 heavy (non-hydrogen) atoms. The maximum Gasteiger partial charge on any atom is 0.331 e. The Morgan fingerprint density at radius 2 is 2.39 bits per heavy atom. The summed E-state index contributed by atoms with van der Waals surface area (Å²) < 4.78 is 0. The van der Waals surface area contributed by atoms with Crippen molar-refractivity contribution < 1.29 is 14.7 Å². The topological polar surface area (TPSA) is 78.4 Å². The fourth-order valence-electron chi connectivity index (χ4n) is 2.05. The Kier molecular flexibility index (Phi) is 4.33. The predicted molar refractivity (Wildman–Crippen MR) is 68.4 cm³/mol. The second-order valence-corrected chi connectivity index (χ2v) is 5.32. The highest BCUT2D eigenvalue weighted by Crippen LogP contribution is 2.20. The average molecular weight is 268 g/mol. The van der Waals surface area contributed by atoms with Crippen molar-refractivity contribution in [2.75, 3.05) is 13.1 Å². The predicted octanol–water partition coefficient (Wildman–Crippen LogP) is 0.990.